The second-order valence-electron chi connectivity index (χ2n) is 4.07. The first-order valence-electron chi connectivity index (χ1n) is 6.12. The second kappa shape index (κ2) is 4.68. The van der Waals surface area contributed by atoms with Crippen molar-refractivity contribution in [2.45, 2.75) is 33.1 Å². The van der Waals surface area contributed by atoms with Gasteiger partial charge in [0.15, 0.2) is 0 Å². The molecule has 0 aromatic carbocycles. The van der Waals surface area contributed by atoms with E-state index in [2.05, 4.69) is 34.0 Å². The summed E-state index contributed by atoms with van der Waals surface area (Å²) in [5.41, 5.74) is 2.56. The summed E-state index contributed by atoms with van der Waals surface area (Å²) in [4.78, 5) is 11.5. The van der Waals surface area contributed by atoms with Crippen LogP contribution in [0.5, 0.6) is 0 Å². The summed E-state index contributed by atoms with van der Waals surface area (Å²) in [7, 11) is 1.94. The zero-order chi connectivity index (χ0) is 11.5. The van der Waals surface area contributed by atoms with Crippen LogP contribution < -0.4 is 10.2 Å². The molecular formula is C12H20N4. The molecule has 2 rings (SSSR count). The van der Waals surface area contributed by atoms with Crippen LogP contribution in [0.4, 0.5) is 11.8 Å². The molecule has 0 unspecified atom stereocenters. The topological polar surface area (TPSA) is 41.1 Å². The highest BCUT2D eigenvalue weighted by Gasteiger charge is 2.19. The van der Waals surface area contributed by atoms with Gasteiger partial charge in [0, 0.05) is 25.7 Å². The molecule has 0 atom stereocenters. The fourth-order valence-electron chi connectivity index (χ4n) is 2.27. The first kappa shape index (κ1) is 11.2. The third-order valence-electron chi connectivity index (χ3n) is 3.20. The van der Waals surface area contributed by atoms with Gasteiger partial charge in [0.05, 0.1) is 5.69 Å². The maximum absolute atomic E-state index is 4.68. The molecule has 0 saturated heterocycles. The smallest absolute Gasteiger partial charge is 0.227 e. The van der Waals surface area contributed by atoms with E-state index >= 15 is 0 Å². The average molecular weight is 220 g/mol. The Morgan fingerprint density at radius 1 is 1.19 bits per heavy atom. The van der Waals surface area contributed by atoms with Crippen LogP contribution in [0, 0.1) is 0 Å². The van der Waals surface area contributed by atoms with Crippen molar-refractivity contribution in [3.05, 3.63) is 11.3 Å². The van der Waals surface area contributed by atoms with Crippen LogP contribution in [0.25, 0.3) is 0 Å². The molecule has 4 heteroatoms. The molecule has 1 aromatic rings. The zero-order valence-electron chi connectivity index (χ0n) is 10.4. The van der Waals surface area contributed by atoms with E-state index in [1.165, 1.54) is 17.7 Å². The molecule has 1 heterocycles. The van der Waals surface area contributed by atoms with Crippen molar-refractivity contribution in [2.24, 2.45) is 0 Å². The molecule has 1 aromatic heterocycles. The minimum Gasteiger partial charge on any atom is -0.373 e. The van der Waals surface area contributed by atoms with Gasteiger partial charge >= 0.3 is 0 Å². The normalized spacial score (nSPS) is 13.7. The largest absolute Gasteiger partial charge is 0.373 e. The predicted molar refractivity (Wildman–Crippen MR) is 67.2 cm³/mol. The monoisotopic (exact) mass is 220 g/mol. The lowest BCUT2D eigenvalue weighted by molar-refractivity contribution is 0.812. The van der Waals surface area contributed by atoms with E-state index < -0.39 is 0 Å². The number of aromatic nitrogens is 2. The number of nitrogens with zero attached hydrogens (tertiary/aromatic N) is 3. The van der Waals surface area contributed by atoms with Gasteiger partial charge in [-0.2, -0.15) is 4.98 Å². The molecular weight excluding hydrogens is 200 g/mol. The SMILES string of the molecule is CCN(CC)c1nc2c(c(NC)n1)CCC2. The third-order valence-corrected chi connectivity index (χ3v) is 3.20. The molecule has 4 nitrogen and oxygen atoms in total. The van der Waals surface area contributed by atoms with E-state index in [1.807, 2.05) is 7.05 Å². The fraction of sp³-hybridized carbons (Fsp3) is 0.667. The molecule has 0 radical (unpaired) electrons. The summed E-state index contributed by atoms with van der Waals surface area (Å²) in [6.07, 6.45) is 3.42. The Labute approximate surface area is 97.1 Å². The van der Waals surface area contributed by atoms with Crippen molar-refractivity contribution in [2.75, 3.05) is 30.4 Å². The molecule has 88 valence electrons. The quantitative estimate of drug-likeness (QED) is 0.841. The van der Waals surface area contributed by atoms with E-state index in [0.29, 0.717) is 0 Å². The van der Waals surface area contributed by atoms with Gasteiger partial charge in [-0.1, -0.05) is 0 Å². The molecule has 0 bridgehead atoms. The van der Waals surface area contributed by atoms with Gasteiger partial charge < -0.3 is 10.2 Å². The number of hydrogen-bond acceptors (Lipinski definition) is 4. The van der Waals surface area contributed by atoms with Gasteiger partial charge in [-0.05, 0) is 33.1 Å². The van der Waals surface area contributed by atoms with Crippen LogP contribution in [0.1, 0.15) is 31.5 Å². The van der Waals surface area contributed by atoms with Crippen molar-refractivity contribution in [3.63, 3.8) is 0 Å². The molecule has 0 amide bonds. The van der Waals surface area contributed by atoms with E-state index in [-0.39, 0.29) is 0 Å². The number of aryl methyl sites for hydroxylation is 1. The van der Waals surface area contributed by atoms with Crippen LogP contribution in [0.2, 0.25) is 0 Å². The van der Waals surface area contributed by atoms with E-state index in [9.17, 15) is 0 Å². The molecule has 0 fully saturated rings. The Bertz CT molecular complexity index is 372. The molecule has 0 saturated carbocycles. The van der Waals surface area contributed by atoms with Crippen LogP contribution in [-0.4, -0.2) is 30.1 Å². The number of fused-ring (bicyclic) bond motifs is 1. The standard InChI is InChI=1S/C12H20N4/c1-4-16(5-2)12-14-10-8-6-7-9(10)11(13-3)15-12/h4-8H2,1-3H3,(H,13,14,15). The van der Waals surface area contributed by atoms with Crippen LogP contribution in [0.15, 0.2) is 0 Å². The lowest BCUT2D eigenvalue weighted by atomic mass is 10.2. The summed E-state index contributed by atoms with van der Waals surface area (Å²) in [6.45, 7) is 6.19. The van der Waals surface area contributed by atoms with Gasteiger partial charge in [-0.3, -0.25) is 0 Å². The molecule has 0 spiro atoms. The number of hydrogen-bond donors (Lipinski definition) is 1. The van der Waals surface area contributed by atoms with Gasteiger partial charge in [0.2, 0.25) is 5.95 Å². The Morgan fingerprint density at radius 2 is 1.94 bits per heavy atom. The lowest BCUT2D eigenvalue weighted by Crippen LogP contribution is -2.25. The van der Waals surface area contributed by atoms with Crippen molar-refractivity contribution >= 4 is 11.8 Å². The van der Waals surface area contributed by atoms with Crippen LogP contribution >= 0.6 is 0 Å². The zero-order valence-corrected chi connectivity index (χ0v) is 10.4. The van der Waals surface area contributed by atoms with Gasteiger partial charge in [0.25, 0.3) is 0 Å². The Hall–Kier alpha value is -1.32. The highest BCUT2D eigenvalue weighted by molar-refractivity contribution is 5.52. The summed E-state index contributed by atoms with van der Waals surface area (Å²) >= 11 is 0. The maximum Gasteiger partial charge on any atom is 0.227 e. The summed E-state index contributed by atoms with van der Waals surface area (Å²) in [6, 6.07) is 0. The fourth-order valence-corrected chi connectivity index (χ4v) is 2.27. The van der Waals surface area contributed by atoms with E-state index in [4.69, 9.17) is 0 Å². The molecule has 16 heavy (non-hydrogen) atoms. The number of rotatable bonds is 4. The van der Waals surface area contributed by atoms with Crippen LogP contribution in [-0.2, 0) is 12.8 Å². The summed E-state index contributed by atoms with van der Waals surface area (Å²) in [5, 5.41) is 3.19. The van der Waals surface area contributed by atoms with Gasteiger partial charge in [-0.15, -0.1) is 0 Å². The second-order valence-corrected chi connectivity index (χ2v) is 4.07. The van der Waals surface area contributed by atoms with Crippen molar-refractivity contribution in [3.8, 4) is 0 Å². The van der Waals surface area contributed by atoms with Crippen molar-refractivity contribution in [1.82, 2.24) is 9.97 Å². The summed E-state index contributed by atoms with van der Waals surface area (Å²) in [5.74, 6) is 1.89. The maximum atomic E-state index is 4.68. The summed E-state index contributed by atoms with van der Waals surface area (Å²) < 4.78 is 0. The van der Waals surface area contributed by atoms with Crippen LogP contribution in [0.3, 0.4) is 0 Å². The lowest BCUT2D eigenvalue weighted by Gasteiger charge is -2.20. The number of anilines is 2. The average Bonchev–Trinajstić information content (AvgIpc) is 2.77. The molecule has 1 N–H and O–H groups in total. The Morgan fingerprint density at radius 3 is 2.56 bits per heavy atom. The number of nitrogens with one attached hydrogen (secondary N) is 1. The first-order chi connectivity index (χ1) is 7.80. The predicted octanol–water partition coefficient (Wildman–Crippen LogP) is 1.85. The Kier molecular flexibility index (Phi) is 3.27. The molecule has 1 aliphatic carbocycles. The highest BCUT2D eigenvalue weighted by Crippen LogP contribution is 2.27. The van der Waals surface area contributed by atoms with Gasteiger partial charge in [0.1, 0.15) is 5.82 Å². The molecule has 0 aliphatic heterocycles. The Balaban J connectivity index is 2.41. The van der Waals surface area contributed by atoms with E-state index in [1.54, 1.807) is 0 Å². The molecule has 1 aliphatic rings. The van der Waals surface area contributed by atoms with Crippen molar-refractivity contribution < 1.29 is 0 Å². The van der Waals surface area contributed by atoms with E-state index in [0.717, 1.165) is 37.7 Å². The van der Waals surface area contributed by atoms with Crippen molar-refractivity contribution in [1.29, 1.82) is 0 Å². The first-order valence-corrected chi connectivity index (χ1v) is 6.12. The third kappa shape index (κ3) is 1.84. The van der Waals surface area contributed by atoms with Gasteiger partial charge in [-0.25, -0.2) is 4.98 Å². The minimum absolute atomic E-state index is 0.870. The minimum atomic E-state index is 0.870. The highest BCUT2D eigenvalue weighted by atomic mass is 15.3.